The predicted molar refractivity (Wildman–Crippen MR) is 68.1 cm³/mol. The van der Waals surface area contributed by atoms with E-state index in [1.54, 1.807) is 0 Å². The summed E-state index contributed by atoms with van der Waals surface area (Å²) in [5.41, 5.74) is 7.48. The number of rotatable bonds is 3. The second-order valence-electron chi connectivity index (χ2n) is 4.51. The SMILES string of the molecule is CN(c1cccc(C(=N)N)c1)C1CCCC1. The van der Waals surface area contributed by atoms with Crippen LogP contribution in [0, 0.1) is 5.41 Å². The maximum Gasteiger partial charge on any atom is 0.122 e. The average Bonchev–Trinajstić information content (AvgIpc) is 2.81. The normalized spacial score (nSPS) is 16.3. The molecule has 16 heavy (non-hydrogen) atoms. The highest BCUT2D eigenvalue weighted by molar-refractivity contribution is 5.95. The molecule has 0 bridgehead atoms. The molecule has 3 N–H and O–H groups in total. The highest BCUT2D eigenvalue weighted by Crippen LogP contribution is 2.27. The van der Waals surface area contributed by atoms with E-state index in [0.717, 1.165) is 5.56 Å². The van der Waals surface area contributed by atoms with Crippen molar-refractivity contribution in [3.05, 3.63) is 29.8 Å². The van der Waals surface area contributed by atoms with Gasteiger partial charge in [0.2, 0.25) is 0 Å². The van der Waals surface area contributed by atoms with Crippen molar-refractivity contribution in [2.24, 2.45) is 5.73 Å². The number of nitrogens with zero attached hydrogens (tertiary/aromatic N) is 1. The lowest BCUT2D eigenvalue weighted by Crippen LogP contribution is -2.29. The molecule has 0 saturated heterocycles. The van der Waals surface area contributed by atoms with Crippen LogP contribution in [0.15, 0.2) is 24.3 Å². The fraction of sp³-hybridized carbons (Fsp3) is 0.462. The highest BCUT2D eigenvalue weighted by Gasteiger charge is 2.19. The van der Waals surface area contributed by atoms with Gasteiger partial charge in [-0.2, -0.15) is 0 Å². The molecule has 2 rings (SSSR count). The topological polar surface area (TPSA) is 53.1 Å². The summed E-state index contributed by atoms with van der Waals surface area (Å²) in [6, 6.07) is 8.60. The summed E-state index contributed by atoms with van der Waals surface area (Å²) in [4.78, 5) is 2.32. The van der Waals surface area contributed by atoms with E-state index in [4.69, 9.17) is 11.1 Å². The van der Waals surface area contributed by atoms with E-state index in [1.165, 1.54) is 31.4 Å². The molecule has 1 aliphatic carbocycles. The fourth-order valence-corrected chi connectivity index (χ4v) is 2.40. The molecular formula is C13H19N3. The first-order valence-corrected chi connectivity index (χ1v) is 5.86. The zero-order chi connectivity index (χ0) is 11.5. The smallest absolute Gasteiger partial charge is 0.122 e. The Hall–Kier alpha value is -1.51. The van der Waals surface area contributed by atoms with Gasteiger partial charge in [0.1, 0.15) is 5.84 Å². The van der Waals surface area contributed by atoms with Crippen LogP contribution in [0.5, 0.6) is 0 Å². The van der Waals surface area contributed by atoms with Crippen LogP contribution in [0.4, 0.5) is 5.69 Å². The number of hydrogen-bond donors (Lipinski definition) is 2. The fourth-order valence-electron chi connectivity index (χ4n) is 2.40. The molecule has 0 atom stereocenters. The molecule has 86 valence electrons. The Morgan fingerprint density at radius 3 is 2.69 bits per heavy atom. The van der Waals surface area contributed by atoms with Gasteiger partial charge in [0.15, 0.2) is 0 Å². The van der Waals surface area contributed by atoms with Gasteiger partial charge >= 0.3 is 0 Å². The van der Waals surface area contributed by atoms with Crippen molar-refractivity contribution in [2.45, 2.75) is 31.7 Å². The summed E-state index contributed by atoms with van der Waals surface area (Å²) >= 11 is 0. The minimum Gasteiger partial charge on any atom is -0.384 e. The standard InChI is InChI=1S/C13H19N3/c1-16(11-6-2-3-7-11)12-8-4-5-10(9-12)13(14)15/h4-5,8-9,11H,2-3,6-7H2,1H3,(H3,14,15). The Bertz CT molecular complexity index is 381. The number of amidine groups is 1. The van der Waals surface area contributed by atoms with Crippen LogP contribution in [0.1, 0.15) is 31.2 Å². The van der Waals surface area contributed by atoms with E-state index in [-0.39, 0.29) is 5.84 Å². The molecule has 0 aliphatic heterocycles. The van der Waals surface area contributed by atoms with Gasteiger partial charge in [-0.05, 0) is 25.0 Å². The molecule has 3 heteroatoms. The molecule has 0 unspecified atom stereocenters. The molecule has 1 fully saturated rings. The summed E-state index contributed by atoms with van der Waals surface area (Å²) in [6.07, 6.45) is 5.23. The second-order valence-corrected chi connectivity index (χ2v) is 4.51. The van der Waals surface area contributed by atoms with Gasteiger partial charge in [-0.1, -0.05) is 25.0 Å². The molecular weight excluding hydrogens is 198 g/mol. The lowest BCUT2D eigenvalue weighted by molar-refractivity contribution is 0.653. The summed E-state index contributed by atoms with van der Waals surface area (Å²) < 4.78 is 0. The largest absolute Gasteiger partial charge is 0.384 e. The van der Waals surface area contributed by atoms with Crippen LogP contribution in [0.25, 0.3) is 0 Å². The average molecular weight is 217 g/mol. The number of anilines is 1. The third-order valence-electron chi connectivity index (χ3n) is 3.44. The van der Waals surface area contributed by atoms with E-state index < -0.39 is 0 Å². The van der Waals surface area contributed by atoms with Crippen LogP contribution in [0.2, 0.25) is 0 Å². The minimum absolute atomic E-state index is 0.140. The number of benzene rings is 1. The van der Waals surface area contributed by atoms with Crippen LogP contribution in [-0.2, 0) is 0 Å². The maximum absolute atomic E-state index is 7.44. The third kappa shape index (κ3) is 2.18. The molecule has 0 radical (unpaired) electrons. The van der Waals surface area contributed by atoms with Gasteiger partial charge in [-0.25, -0.2) is 0 Å². The lowest BCUT2D eigenvalue weighted by Gasteiger charge is -2.26. The monoisotopic (exact) mass is 217 g/mol. The molecule has 0 aromatic heterocycles. The molecule has 1 aromatic rings. The van der Waals surface area contributed by atoms with Crippen molar-refractivity contribution >= 4 is 11.5 Å². The van der Waals surface area contributed by atoms with E-state index in [9.17, 15) is 0 Å². The van der Waals surface area contributed by atoms with Crippen molar-refractivity contribution in [1.29, 1.82) is 5.41 Å². The molecule has 3 nitrogen and oxygen atoms in total. The highest BCUT2D eigenvalue weighted by atomic mass is 15.1. The van der Waals surface area contributed by atoms with E-state index in [0.29, 0.717) is 6.04 Å². The quantitative estimate of drug-likeness (QED) is 0.603. The first kappa shape index (κ1) is 11.0. The molecule has 0 amide bonds. The summed E-state index contributed by atoms with van der Waals surface area (Å²) in [6.45, 7) is 0. The van der Waals surface area contributed by atoms with Crippen LogP contribution in [-0.4, -0.2) is 18.9 Å². The van der Waals surface area contributed by atoms with Gasteiger partial charge in [0.05, 0.1) is 0 Å². The zero-order valence-corrected chi connectivity index (χ0v) is 9.74. The maximum atomic E-state index is 7.44. The first-order chi connectivity index (χ1) is 7.68. The molecule has 0 heterocycles. The van der Waals surface area contributed by atoms with Crippen LogP contribution in [0.3, 0.4) is 0 Å². The van der Waals surface area contributed by atoms with Crippen LogP contribution < -0.4 is 10.6 Å². The van der Waals surface area contributed by atoms with Gasteiger partial charge in [0, 0.05) is 24.3 Å². The minimum atomic E-state index is 0.140. The molecule has 1 aromatic carbocycles. The Labute approximate surface area is 96.8 Å². The Morgan fingerprint density at radius 1 is 1.38 bits per heavy atom. The Kier molecular flexibility index (Phi) is 3.13. The second kappa shape index (κ2) is 4.56. The van der Waals surface area contributed by atoms with Crippen molar-refractivity contribution in [1.82, 2.24) is 0 Å². The van der Waals surface area contributed by atoms with Crippen molar-refractivity contribution < 1.29 is 0 Å². The van der Waals surface area contributed by atoms with E-state index >= 15 is 0 Å². The molecule has 0 spiro atoms. The number of nitrogen functional groups attached to an aromatic ring is 1. The van der Waals surface area contributed by atoms with Gasteiger partial charge < -0.3 is 10.6 Å². The van der Waals surface area contributed by atoms with Crippen molar-refractivity contribution in [3.63, 3.8) is 0 Å². The van der Waals surface area contributed by atoms with E-state index in [1.807, 2.05) is 18.2 Å². The zero-order valence-electron chi connectivity index (χ0n) is 9.74. The Morgan fingerprint density at radius 2 is 2.06 bits per heavy atom. The molecule has 1 saturated carbocycles. The van der Waals surface area contributed by atoms with Gasteiger partial charge in [-0.3, -0.25) is 5.41 Å². The summed E-state index contributed by atoms with van der Waals surface area (Å²) in [5.74, 6) is 0.140. The summed E-state index contributed by atoms with van der Waals surface area (Å²) in [7, 11) is 2.13. The van der Waals surface area contributed by atoms with Gasteiger partial charge in [-0.15, -0.1) is 0 Å². The number of hydrogen-bond acceptors (Lipinski definition) is 2. The molecule has 1 aliphatic rings. The predicted octanol–water partition coefficient (Wildman–Crippen LogP) is 2.35. The van der Waals surface area contributed by atoms with Gasteiger partial charge in [0.25, 0.3) is 0 Å². The van der Waals surface area contributed by atoms with E-state index in [2.05, 4.69) is 18.0 Å². The lowest BCUT2D eigenvalue weighted by atomic mass is 10.1. The first-order valence-electron chi connectivity index (χ1n) is 5.86. The van der Waals surface area contributed by atoms with Crippen molar-refractivity contribution in [3.8, 4) is 0 Å². The van der Waals surface area contributed by atoms with Crippen molar-refractivity contribution in [2.75, 3.05) is 11.9 Å². The Balaban J connectivity index is 2.18. The number of nitrogens with one attached hydrogen (secondary N) is 1. The van der Waals surface area contributed by atoms with Crippen LogP contribution >= 0.6 is 0 Å². The number of nitrogens with two attached hydrogens (primary N) is 1. The third-order valence-corrected chi connectivity index (χ3v) is 3.44. The summed E-state index contributed by atoms with van der Waals surface area (Å²) in [5, 5.41) is 7.44.